The number of hydrogen-bond acceptors (Lipinski definition) is 5. The average molecular weight is 341 g/mol. The molecule has 2 aromatic heterocycles. The van der Waals surface area contributed by atoms with Gasteiger partial charge in [0.2, 0.25) is 0 Å². The molecule has 1 aromatic carbocycles. The van der Waals surface area contributed by atoms with Gasteiger partial charge in [0.05, 0.1) is 28.8 Å². The lowest BCUT2D eigenvalue weighted by Gasteiger charge is -2.12. The molecule has 1 unspecified atom stereocenters. The van der Waals surface area contributed by atoms with Gasteiger partial charge in [-0.25, -0.2) is 9.37 Å². The molecular formula is C19H20FN3O2. The minimum Gasteiger partial charge on any atom is -0.491 e. The van der Waals surface area contributed by atoms with Crippen LogP contribution in [-0.4, -0.2) is 48.6 Å². The van der Waals surface area contributed by atoms with E-state index in [1.165, 1.54) is 0 Å². The smallest absolute Gasteiger partial charge is 0.120 e. The van der Waals surface area contributed by atoms with Crippen LogP contribution in [0.1, 0.15) is 0 Å². The summed E-state index contributed by atoms with van der Waals surface area (Å²) in [4.78, 5) is 11.1. The van der Waals surface area contributed by atoms with E-state index in [-0.39, 0.29) is 6.61 Å². The molecule has 0 aliphatic carbocycles. The predicted molar refractivity (Wildman–Crippen MR) is 96.8 cm³/mol. The number of fused-ring (bicyclic) bond motifs is 1. The Kier molecular flexibility index (Phi) is 5.09. The molecule has 0 aliphatic rings. The summed E-state index contributed by atoms with van der Waals surface area (Å²) < 4.78 is 17.7. The summed E-state index contributed by atoms with van der Waals surface area (Å²) in [6.45, 7) is -0.895. The van der Waals surface area contributed by atoms with E-state index < -0.39 is 12.8 Å². The number of benzene rings is 1. The van der Waals surface area contributed by atoms with Crippen LogP contribution in [0.3, 0.4) is 0 Å². The Morgan fingerprint density at radius 2 is 1.92 bits per heavy atom. The van der Waals surface area contributed by atoms with E-state index >= 15 is 0 Å². The molecule has 0 bridgehead atoms. The van der Waals surface area contributed by atoms with Crippen molar-refractivity contribution in [3.8, 4) is 17.1 Å². The van der Waals surface area contributed by atoms with E-state index in [9.17, 15) is 9.50 Å². The number of anilines is 1. The van der Waals surface area contributed by atoms with Gasteiger partial charge in [0.1, 0.15) is 25.1 Å². The fourth-order valence-electron chi connectivity index (χ4n) is 2.38. The second-order valence-corrected chi connectivity index (χ2v) is 5.97. The first kappa shape index (κ1) is 17.1. The van der Waals surface area contributed by atoms with Crippen LogP contribution in [0.5, 0.6) is 5.75 Å². The molecule has 0 aliphatic heterocycles. The highest BCUT2D eigenvalue weighted by molar-refractivity contribution is 5.82. The van der Waals surface area contributed by atoms with Crippen molar-refractivity contribution >= 4 is 16.6 Å². The fourth-order valence-corrected chi connectivity index (χ4v) is 2.38. The summed E-state index contributed by atoms with van der Waals surface area (Å²) in [6, 6.07) is 13.2. The van der Waals surface area contributed by atoms with E-state index in [0.717, 1.165) is 28.0 Å². The van der Waals surface area contributed by atoms with Crippen LogP contribution in [0, 0.1) is 0 Å². The Hall–Kier alpha value is -2.73. The van der Waals surface area contributed by atoms with Gasteiger partial charge in [-0.3, -0.25) is 4.98 Å². The van der Waals surface area contributed by atoms with Gasteiger partial charge in [-0.1, -0.05) is 6.07 Å². The highest BCUT2D eigenvalue weighted by Gasteiger charge is 2.07. The van der Waals surface area contributed by atoms with Crippen LogP contribution in [0.25, 0.3) is 22.3 Å². The lowest BCUT2D eigenvalue weighted by atomic mass is 10.1. The maximum Gasteiger partial charge on any atom is 0.120 e. The Balaban J connectivity index is 1.82. The number of ether oxygens (including phenoxy) is 1. The number of hydrogen-bond donors (Lipinski definition) is 1. The zero-order chi connectivity index (χ0) is 17.8. The monoisotopic (exact) mass is 341 g/mol. The number of halogens is 1. The largest absolute Gasteiger partial charge is 0.491 e. The van der Waals surface area contributed by atoms with Gasteiger partial charge >= 0.3 is 0 Å². The Labute approximate surface area is 145 Å². The first-order valence-corrected chi connectivity index (χ1v) is 7.98. The molecule has 5 nitrogen and oxygen atoms in total. The summed E-state index contributed by atoms with van der Waals surface area (Å²) in [6.07, 6.45) is 0.710. The third-order valence-electron chi connectivity index (χ3n) is 3.81. The number of aliphatic hydroxyl groups is 1. The highest BCUT2D eigenvalue weighted by atomic mass is 19.1. The molecule has 3 rings (SSSR count). The second-order valence-electron chi connectivity index (χ2n) is 5.97. The number of rotatable bonds is 6. The minimum absolute atomic E-state index is 0.0737. The molecule has 6 heteroatoms. The number of alkyl halides is 1. The molecule has 0 fully saturated rings. The van der Waals surface area contributed by atoms with E-state index in [1.807, 2.05) is 61.6 Å². The van der Waals surface area contributed by atoms with Gasteiger partial charge in [-0.2, -0.15) is 0 Å². The Morgan fingerprint density at radius 1 is 1.12 bits per heavy atom. The summed E-state index contributed by atoms with van der Waals surface area (Å²) in [5.74, 6) is 0.572. The molecule has 0 saturated heterocycles. The maximum absolute atomic E-state index is 12.3. The Bertz CT molecular complexity index is 853. The van der Waals surface area contributed by atoms with Crippen molar-refractivity contribution in [1.29, 1.82) is 0 Å². The van der Waals surface area contributed by atoms with E-state index in [0.29, 0.717) is 5.75 Å². The number of pyridine rings is 2. The molecule has 1 atom stereocenters. The SMILES string of the molecule is CN(C)c1ccc(-c2ccc3cc(OCC(O)CF)ccc3n2)nc1. The van der Waals surface area contributed by atoms with Crippen molar-refractivity contribution in [2.75, 3.05) is 32.3 Å². The van der Waals surface area contributed by atoms with E-state index in [4.69, 9.17) is 4.74 Å². The molecule has 0 spiro atoms. The van der Waals surface area contributed by atoms with Crippen molar-refractivity contribution in [3.05, 3.63) is 48.7 Å². The van der Waals surface area contributed by atoms with Gasteiger partial charge in [-0.05, 0) is 36.4 Å². The lowest BCUT2D eigenvalue weighted by molar-refractivity contribution is 0.0842. The average Bonchev–Trinajstić information content (AvgIpc) is 2.65. The number of nitrogens with zero attached hydrogens (tertiary/aromatic N) is 3. The summed E-state index contributed by atoms with van der Waals surface area (Å²) >= 11 is 0. The standard InChI is InChI=1S/C19H20FN3O2/c1-23(2)14-4-7-18(21-11-14)19-6-3-13-9-16(5-8-17(13)22-19)25-12-15(24)10-20/h3-9,11,15,24H,10,12H2,1-2H3. The molecule has 0 radical (unpaired) electrons. The number of aliphatic hydroxyl groups excluding tert-OH is 1. The summed E-state index contributed by atoms with van der Waals surface area (Å²) in [7, 11) is 3.94. The van der Waals surface area contributed by atoms with Crippen LogP contribution in [0.4, 0.5) is 10.1 Å². The van der Waals surface area contributed by atoms with Gasteiger partial charge in [0.25, 0.3) is 0 Å². The normalized spacial score (nSPS) is 12.2. The van der Waals surface area contributed by atoms with Crippen molar-refractivity contribution < 1.29 is 14.2 Å². The van der Waals surface area contributed by atoms with Gasteiger partial charge in [0, 0.05) is 19.5 Å². The lowest BCUT2D eigenvalue weighted by Crippen LogP contribution is -2.19. The Morgan fingerprint density at radius 3 is 2.60 bits per heavy atom. The first-order valence-electron chi connectivity index (χ1n) is 7.98. The van der Waals surface area contributed by atoms with Crippen LogP contribution >= 0.6 is 0 Å². The van der Waals surface area contributed by atoms with Crippen LogP contribution < -0.4 is 9.64 Å². The van der Waals surface area contributed by atoms with Crippen LogP contribution in [0.15, 0.2) is 48.7 Å². The molecule has 3 aromatic rings. The highest BCUT2D eigenvalue weighted by Crippen LogP contribution is 2.24. The minimum atomic E-state index is -1.10. The van der Waals surface area contributed by atoms with Gasteiger partial charge in [0.15, 0.2) is 0 Å². The molecular weight excluding hydrogens is 321 g/mol. The molecule has 2 heterocycles. The van der Waals surface area contributed by atoms with Crippen LogP contribution in [0.2, 0.25) is 0 Å². The third kappa shape index (κ3) is 4.03. The van der Waals surface area contributed by atoms with Crippen molar-refractivity contribution in [2.45, 2.75) is 6.10 Å². The topological polar surface area (TPSA) is 58.5 Å². The summed E-state index contributed by atoms with van der Waals surface area (Å²) in [5.41, 5.74) is 3.44. The second kappa shape index (κ2) is 7.44. The number of aromatic nitrogens is 2. The van der Waals surface area contributed by atoms with E-state index in [1.54, 1.807) is 6.07 Å². The zero-order valence-corrected chi connectivity index (χ0v) is 14.2. The third-order valence-corrected chi connectivity index (χ3v) is 3.81. The predicted octanol–water partition coefficient (Wildman–Crippen LogP) is 3.07. The first-order chi connectivity index (χ1) is 12.1. The summed E-state index contributed by atoms with van der Waals surface area (Å²) in [5, 5.41) is 10.1. The molecule has 0 amide bonds. The zero-order valence-electron chi connectivity index (χ0n) is 14.2. The molecule has 130 valence electrons. The fraction of sp³-hybridized carbons (Fsp3) is 0.263. The van der Waals surface area contributed by atoms with E-state index in [2.05, 4.69) is 9.97 Å². The molecule has 25 heavy (non-hydrogen) atoms. The van der Waals surface area contributed by atoms with Crippen molar-refractivity contribution in [1.82, 2.24) is 9.97 Å². The van der Waals surface area contributed by atoms with Crippen LogP contribution in [-0.2, 0) is 0 Å². The van der Waals surface area contributed by atoms with Crippen molar-refractivity contribution in [2.24, 2.45) is 0 Å². The molecule has 1 N–H and O–H groups in total. The van der Waals surface area contributed by atoms with Crippen molar-refractivity contribution in [3.63, 3.8) is 0 Å². The molecule has 0 saturated carbocycles. The van der Waals surface area contributed by atoms with Gasteiger partial charge in [-0.15, -0.1) is 0 Å². The quantitative estimate of drug-likeness (QED) is 0.747. The van der Waals surface area contributed by atoms with Gasteiger partial charge < -0.3 is 14.7 Å². The maximum atomic E-state index is 12.3.